The molecule has 0 bridgehead atoms. The highest BCUT2D eigenvalue weighted by atomic mass is 31.2. The third-order valence-corrected chi connectivity index (χ3v) is 6.26. The number of anilines is 1. The second-order valence-corrected chi connectivity index (χ2v) is 7.57. The Labute approximate surface area is 133 Å². The van der Waals surface area contributed by atoms with Crippen LogP contribution in [0, 0.1) is 0 Å². The van der Waals surface area contributed by atoms with Crippen LogP contribution < -0.4 is 9.99 Å². The van der Waals surface area contributed by atoms with Crippen molar-refractivity contribution in [3.8, 4) is 0 Å². The second-order valence-electron chi connectivity index (χ2n) is 4.88. The van der Waals surface area contributed by atoms with E-state index in [1.54, 1.807) is 31.2 Å². The molecule has 0 saturated heterocycles. The van der Waals surface area contributed by atoms with Crippen LogP contribution in [-0.2, 0) is 14.1 Å². The molecule has 1 aliphatic rings. The van der Waals surface area contributed by atoms with E-state index in [1.807, 2.05) is 0 Å². The number of nitrogens with zero attached hydrogens (tertiary/aromatic N) is 2. The van der Waals surface area contributed by atoms with Gasteiger partial charge < -0.3 is 14.7 Å². The van der Waals surface area contributed by atoms with Crippen molar-refractivity contribution >= 4 is 30.7 Å². The second kappa shape index (κ2) is 6.42. The lowest BCUT2D eigenvalue weighted by Crippen LogP contribution is -2.44. The summed E-state index contributed by atoms with van der Waals surface area (Å²) in [6.07, 6.45) is 0. The number of amides is 2. The van der Waals surface area contributed by atoms with Crippen LogP contribution in [0.25, 0.3) is 0 Å². The summed E-state index contributed by atoms with van der Waals surface area (Å²) in [6.45, 7) is 1.41. The van der Waals surface area contributed by atoms with E-state index in [4.69, 9.17) is 4.74 Å². The summed E-state index contributed by atoms with van der Waals surface area (Å²) >= 11 is 0. The standard InChI is InChI=1S/C14H18N3O5P/c1-4-22-12(18)9-15-14(20)23(21)16(2)11-8-6-5-7-10(11)13(19)17(23)3/h5-8H,4,9H2,1-3H3,(H,15,20). The lowest BCUT2D eigenvalue weighted by molar-refractivity contribution is -0.141. The average molecular weight is 339 g/mol. The van der Waals surface area contributed by atoms with Crippen molar-refractivity contribution in [3.63, 3.8) is 0 Å². The summed E-state index contributed by atoms with van der Waals surface area (Å²) in [6, 6.07) is 6.60. The Bertz CT molecular complexity index is 705. The highest BCUT2D eigenvalue weighted by Crippen LogP contribution is 2.58. The molecule has 8 nitrogen and oxygen atoms in total. The first kappa shape index (κ1) is 17.0. The number of esters is 1. The number of carbonyl (C=O) groups excluding carboxylic acids is 3. The summed E-state index contributed by atoms with van der Waals surface area (Å²) in [5.74, 6) is -1.14. The zero-order valence-corrected chi connectivity index (χ0v) is 14.0. The first-order valence-electron chi connectivity index (χ1n) is 6.99. The van der Waals surface area contributed by atoms with Gasteiger partial charge in [-0.05, 0) is 19.1 Å². The van der Waals surface area contributed by atoms with E-state index in [1.165, 1.54) is 18.8 Å². The first-order valence-corrected chi connectivity index (χ1v) is 8.61. The normalized spacial score (nSPS) is 20.0. The van der Waals surface area contributed by atoms with E-state index in [2.05, 4.69) is 5.32 Å². The molecule has 2 amide bonds. The van der Waals surface area contributed by atoms with Crippen molar-refractivity contribution in [3.05, 3.63) is 29.8 Å². The molecular weight excluding hydrogens is 321 g/mol. The number of para-hydroxylation sites is 1. The molecule has 124 valence electrons. The van der Waals surface area contributed by atoms with E-state index in [0.29, 0.717) is 11.3 Å². The van der Waals surface area contributed by atoms with Crippen LogP contribution >= 0.6 is 7.44 Å². The van der Waals surface area contributed by atoms with E-state index in [9.17, 15) is 18.9 Å². The fourth-order valence-electron chi connectivity index (χ4n) is 2.32. The van der Waals surface area contributed by atoms with E-state index in [0.717, 1.165) is 4.67 Å². The number of nitrogens with one attached hydrogen (secondary N) is 1. The summed E-state index contributed by atoms with van der Waals surface area (Å²) in [7, 11) is -1.11. The highest BCUT2D eigenvalue weighted by Gasteiger charge is 2.48. The van der Waals surface area contributed by atoms with Gasteiger partial charge in [-0.1, -0.05) is 12.1 Å². The molecule has 1 unspecified atom stereocenters. The molecule has 0 aromatic heterocycles. The van der Waals surface area contributed by atoms with Crippen LogP contribution in [0.1, 0.15) is 17.3 Å². The van der Waals surface area contributed by atoms with Gasteiger partial charge in [0.05, 0.1) is 17.9 Å². The van der Waals surface area contributed by atoms with Crippen molar-refractivity contribution in [2.75, 3.05) is 31.9 Å². The third-order valence-electron chi connectivity index (χ3n) is 3.54. The summed E-state index contributed by atoms with van der Waals surface area (Å²) < 4.78 is 20.1. The Morgan fingerprint density at radius 1 is 1.22 bits per heavy atom. The minimum atomic E-state index is -3.89. The SMILES string of the molecule is CCOC(=O)CNC(=O)P1(=O)N(C)C(=O)c2ccccc2N1C. The summed E-state index contributed by atoms with van der Waals surface area (Å²) in [5, 5.41) is 2.28. The van der Waals surface area contributed by atoms with E-state index in [-0.39, 0.29) is 6.61 Å². The number of benzene rings is 1. The monoisotopic (exact) mass is 339 g/mol. The zero-order valence-electron chi connectivity index (χ0n) is 13.1. The lowest BCUT2D eigenvalue weighted by Gasteiger charge is -2.39. The molecule has 0 saturated carbocycles. The molecule has 0 radical (unpaired) electrons. The molecule has 1 aliphatic heterocycles. The molecule has 2 rings (SSSR count). The fraction of sp³-hybridized carbons (Fsp3) is 0.357. The highest BCUT2D eigenvalue weighted by molar-refractivity contribution is 7.80. The summed E-state index contributed by atoms with van der Waals surface area (Å²) in [5.41, 5.74) is -0.120. The molecule has 9 heteroatoms. The molecule has 0 fully saturated rings. The van der Waals surface area contributed by atoms with E-state index >= 15 is 0 Å². The Hall–Kier alpha value is -2.34. The number of carbonyl (C=O) groups is 3. The van der Waals surface area contributed by atoms with Gasteiger partial charge >= 0.3 is 19.1 Å². The minimum Gasteiger partial charge on any atom is -0.465 e. The van der Waals surface area contributed by atoms with Crippen LogP contribution in [-0.4, -0.2) is 49.4 Å². The minimum absolute atomic E-state index is 0.179. The van der Waals surface area contributed by atoms with Crippen molar-refractivity contribution in [2.24, 2.45) is 0 Å². The lowest BCUT2D eigenvalue weighted by atomic mass is 10.1. The largest absolute Gasteiger partial charge is 0.465 e. The van der Waals surface area contributed by atoms with Crippen LogP contribution in [0.15, 0.2) is 24.3 Å². The van der Waals surface area contributed by atoms with Gasteiger partial charge in [0.15, 0.2) is 0 Å². The van der Waals surface area contributed by atoms with Gasteiger partial charge in [-0.3, -0.25) is 23.6 Å². The number of hydrogen-bond acceptors (Lipinski definition) is 5. The van der Waals surface area contributed by atoms with Crippen molar-refractivity contribution in [1.82, 2.24) is 9.99 Å². The number of ether oxygens (including phenoxy) is 1. The third kappa shape index (κ3) is 2.82. The Kier molecular flexibility index (Phi) is 4.75. The van der Waals surface area contributed by atoms with Gasteiger partial charge in [-0.25, -0.2) is 0 Å². The van der Waals surface area contributed by atoms with Crippen LogP contribution in [0.2, 0.25) is 0 Å². The van der Waals surface area contributed by atoms with Gasteiger partial charge in [-0.15, -0.1) is 0 Å². The Morgan fingerprint density at radius 3 is 2.52 bits per heavy atom. The molecule has 1 heterocycles. The average Bonchev–Trinajstić information content (AvgIpc) is 2.56. The molecular formula is C14H18N3O5P. The van der Waals surface area contributed by atoms with Crippen molar-refractivity contribution < 1.29 is 23.7 Å². The topological polar surface area (TPSA) is 96.0 Å². The van der Waals surface area contributed by atoms with Crippen LogP contribution in [0.3, 0.4) is 0 Å². The maximum atomic E-state index is 13.2. The van der Waals surface area contributed by atoms with Crippen molar-refractivity contribution in [2.45, 2.75) is 6.92 Å². The molecule has 0 aliphatic carbocycles. The molecule has 0 spiro atoms. The van der Waals surface area contributed by atoms with Gasteiger partial charge in [0, 0.05) is 14.1 Å². The van der Waals surface area contributed by atoms with Crippen LogP contribution in [0.5, 0.6) is 0 Å². The number of rotatable bonds is 4. The van der Waals surface area contributed by atoms with Gasteiger partial charge in [0.2, 0.25) is 0 Å². The molecule has 1 aromatic carbocycles. The molecule has 1 atom stereocenters. The number of fused-ring (bicyclic) bond motifs is 1. The molecule has 23 heavy (non-hydrogen) atoms. The Morgan fingerprint density at radius 2 is 1.87 bits per heavy atom. The first-order chi connectivity index (χ1) is 10.8. The smallest absolute Gasteiger partial charge is 0.350 e. The van der Waals surface area contributed by atoms with E-state index < -0.39 is 31.5 Å². The quantitative estimate of drug-likeness (QED) is 0.662. The predicted molar refractivity (Wildman–Crippen MR) is 84.6 cm³/mol. The maximum Gasteiger partial charge on any atom is 0.350 e. The summed E-state index contributed by atoms with van der Waals surface area (Å²) in [4.78, 5) is 36.1. The van der Waals surface area contributed by atoms with Gasteiger partial charge in [0.25, 0.3) is 5.91 Å². The van der Waals surface area contributed by atoms with Gasteiger partial charge in [-0.2, -0.15) is 0 Å². The molecule has 1 aromatic rings. The maximum absolute atomic E-state index is 13.2. The van der Waals surface area contributed by atoms with Gasteiger partial charge in [0.1, 0.15) is 6.54 Å². The van der Waals surface area contributed by atoms with Crippen molar-refractivity contribution in [1.29, 1.82) is 0 Å². The Balaban J connectivity index is 2.30. The predicted octanol–water partition coefficient (Wildman–Crippen LogP) is 1.67. The fourth-order valence-corrected chi connectivity index (χ4v) is 4.37. The number of hydrogen-bond donors (Lipinski definition) is 1. The van der Waals surface area contributed by atoms with Crippen LogP contribution in [0.4, 0.5) is 10.5 Å². The molecule has 1 N–H and O–H groups in total. The zero-order chi connectivity index (χ0) is 17.2.